The fraction of sp³-hybridized carbons (Fsp3) is 0.111. The Morgan fingerprint density at radius 3 is 2.56 bits per heavy atom. The topological polar surface area (TPSA) is 72.9 Å². The molecule has 3 N–H and O–H groups in total. The summed E-state index contributed by atoms with van der Waals surface area (Å²) in [5.74, 6) is 0.267. The zero-order chi connectivity index (χ0) is 13.5. The first-order valence-electron chi connectivity index (χ1n) is 4.59. The van der Waals surface area contributed by atoms with E-state index >= 15 is 0 Å². The Morgan fingerprint density at radius 2 is 1.94 bits per heavy atom. The Balaban J connectivity index is 2.66. The number of imidazole rings is 1. The molecular formula is C9H6F4N4O. The number of nitrogens with one attached hydrogen (secondary N) is 1. The van der Waals surface area contributed by atoms with Gasteiger partial charge in [0.25, 0.3) is 0 Å². The van der Waals surface area contributed by atoms with E-state index in [1.54, 1.807) is 0 Å². The zero-order valence-electron chi connectivity index (χ0n) is 8.62. The molecule has 0 fully saturated rings. The highest BCUT2D eigenvalue weighted by molar-refractivity contribution is 5.84. The third-order valence-electron chi connectivity index (χ3n) is 2.30. The summed E-state index contributed by atoms with van der Waals surface area (Å²) in [6.07, 6.45) is 0.596. The number of amides is 1. The number of carbonyl (C=O) groups excluding carboxylic acids is 1. The summed E-state index contributed by atoms with van der Waals surface area (Å²) in [7, 11) is 0. The maximum absolute atomic E-state index is 13.6. The molecule has 0 aliphatic rings. The molecule has 9 heteroatoms. The molecule has 0 spiro atoms. The van der Waals surface area contributed by atoms with Gasteiger partial charge in [-0.15, -0.1) is 0 Å². The Morgan fingerprint density at radius 1 is 1.33 bits per heavy atom. The summed E-state index contributed by atoms with van der Waals surface area (Å²) >= 11 is 0. The van der Waals surface area contributed by atoms with Crippen LogP contribution in [0.5, 0.6) is 0 Å². The van der Waals surface area contributed by atoms with E-state index in [9.17, 15) is 22.4 Å². The van der Waals surface area contributed by atoms with Gasteiger partial charge in [0.2, 0.25) is 0 Å². The lowest BCUT2D eigenvalue weighted by Gasteiger charge is -2.16. The number of nitrogens with two attached hydrogens (primary N) is 1. The number of rotatable bonds is 2. The quantitative estimate of drug-likeness (QED) is 0.365. The van der Waals surface area contributed by atoms with Crippen molar-refractivity contribution >= 4 is 16.9 Å². The van der Waals surface area contributed by atoms with E-state index in [4.69, 9.17) is 0 Å². The van der Waals surface area contributed by atoms with Crippen molar-refractivity contribution in [3.05, 3.63) is 30.1 Å². The van der Waals surface area contributed by atoms with Gasteiger partial charge in [0.05, 0.1) is 11.0 Å². The van der Waals surface area contributed by atoms with Gasteiger partial charge in [-0.25, -0.2) is 19.6 Å². The number of aromatic nitrogens is 2. The minimum atomic E-state index is -4.06. The predicted octanol–water partition coefficient (Wildman–Crippen LogP) is 0.854. The normalized spacial score (nSPS) is 11.8. The van der Waals surface area contributed by atoms with Crippen LogP contribution in [0.4, 0.5) is 17.6 Å². The lowest BCUT2D eigenvalue weighted by molar-refractivity contribution is -0.160. The second-order valence-corrected chi connectivity index (χ2v) is 3.38. The molecular weight excluding hydrogens is 256 g/mol. The first kappa shape index (κ1) is 12.3. The third kappa shape index (κ3) is 1.68. The molecule has 0 saturated carbocycles. The maximum Gasteiger partial charge on any atom is 0.410 e. The molecule has 1 aromatic heterocycles. The molecule has 18 heavy (non-hydrogen) atoms. The van der Waals surface area contributed by atoms with Crippen LogP contribution in [0.15, 0.2) is 18.5 Å². The van der Waals surface area contributed by atoms with Crippen molar-refractivity contribution < 1.29 is 22.4 Å². The average molecular weight is 262 g/mol. The summed E-state index contributed by atoms with van der Waals surface area (Å²) in [5, 5.41) is 0. The SMILES string of the molecule is NNC(=O)C(F)(F)n1cnc2cc(F)c(F)cc21. The number of halogens is 4. The molecule has 2 rings (SSSR count). The zero-order valence-corrected chi connectivity index (χ0v) is 8.62. The fourth-order valence-corrected chi connectivity index (χ4v) is 1.42. The van der Waals surface area contributed by atoms with Gasteiger partial charge < -0.3 is 0 Å². The molecule has 0 aliphatic carbocycles. The summed E-state index contributed by atoms with van der Waals surface area (Å²) in [4.78, 5) is 14.4. The molecule has 0 aliphatic heterocycles. The first-order chi connectivity index (χ1) is 8.37. The Kier molecular flexibility index (Phi) is 2.70. The van der Waals surface area contributed by atoms with Gasteiger partial charge >= 0.3 is 12.0 Å². The highest BCUT2D eigenvalue weighted by Crippen LogP contribution is 2.27. The smallest absolute Gasteiger partial charge is 0.287 e. The van der Waals surface area contributed by atoms with Gasteiger partial charge in [0.1, 0.15) is 6.33 Å². The lowest BCUT2D eigenvalue weighted by Crippen LogP contribution is -2.45. The molecule has 0 saturated heterocycles. The molecule has 0 atom stereocenters. The van der Waals surface area contributed by atoms with Crippen LogP contribution in [0.3, 0.4) is 0 Å². The molecule has 0 unspecified atom stereocenters. The van der Waals surface area contributed by atoms with Gasteiger partial charge in [0, 0.05) is 12.1 Å². The molecule has 1 aromatic carbocycles. The van der Waals surface area contributed by atoms with Crippen molar-refractivity contribution in [2.24, 2.45) is 5.84 Å². The second-order valence-electron chi connectivity index (χ2n) is 3.38. The molecule has 5 nitrogen and oxygen atoms in total. The van der Waals surface area contributed by atoms with Crippen LogP contribution < -0.4 is 11.3 Å². The van der Waals surface area contributed by atoms with Crippen LogP contribution in [0.25, 0.3) is 11.0 Å². The molecule has 96 valence electrons. The fourth-order valence-electron chi connectivity index (χ4n) is 1.42. The largest absolute Gasteiger partial charge is 0.410 e. The van der Waals surface area contributed by atoms with E-state index in [1.807, 2.05) is 0 Å². The molecule has 0 bridgehead atoms. The third-order valence-corrected chi connectivity index (χ3v) is 2.30. The predicted molar refractivity (Wildman–Crippen MR) is 52.2 cm³/mol. The van der Waals surface area contributed by atoms with Gasteiger partial charge in [-0.2, -0.15) is 8.78 Å². The van der Waals surface area contributed by atoms with Crippen molar-refractivity contribution in [1.82, 2.24) is 15.0 Å². The molecule has 2 aromatic rings. The van der Waals surface area contributed by atoms with Crippen LogP contribution in [0, 0.1) is 11.6 Å². The Hall–Kier alpha value is -2.16. The van der Waals surface area contributed by atoms with E-state index in [1.165, 1.54) is 5.43 Å². The number of hydrogen-bond acceptors (Lipinski definition) is 3. The maximum atomic E-state index is 13.6. The van der Waals surface area contributed by atoms with Crippen molar-refractivity contribution in [2.75, 3.05) is 0 Å². The number of hydrogen-bond donors (Lipinski definition) is 2. The summed E-state index contributed by atoms with van der Waals surface area (Å²) in [6, 6.07) is -2.89. The van der Waals surface area contributed by atoms with Gasteiger partial charge in [-0.05, 0) is 0 Å². The van der Waals surface area contributed by atoms with E-state index in [2.05, 4.69) is 10.8 Å². The highest BCUT2D eigenvalue weighted by atomic mass is 19.3. The minimum Gasteiger partial charge on any atom is -0.287 e. The standard InChI is InChI=1S/C9H6F4N4O/c10-4-1-6-7(2-5(4)11)17(3-15-6)9(12,13)8(18)16-14/h1-3H,14H2,(H,16,18). The van der Waals surface area contributed by atoms with Gasteiger partial charge in [-0.3, -0.25) is 14.8 Å². The van der Waals surface area contributed by atoms with Crippen LogP contribution in [0.1, 0.15) is 0 Å². The Labute approximate surface area is 97.2 Å². The second kappa shape index (κ2) is 3.95. The number of hydrazine groups is 1. The van der Waals surface area contributed by atoms with Crippen LogP contribution >= 0.6 is 0 Å². The summed E-state index contributed by atoms with van der Waals surface area (Å²) in [6.45, 7) is 0. The molecule has 1 heterocycles. The lowest BCUT2D eigenvalue weighted by atomic mass is 10.3. The van der Waals surface area contributed by atoms with Crippen molar-refractivity contribution in [3.63, 3.8) is 0 Å². The Bertz CT molecular complexity index is 624. The minimum absolute atomic E-state index is 0.104. The number of nitrogens with zero attached hydrogens (tertiary/aromatic N) is 2. The monoisotopic (exact) mass is 262 g/mol. The van der Waals surface area contributed by atoms with Crippen molar-refractivity contribution in [3.8, 4) is 0 Å². The summed E-state index contributed by atoms with van der Waals surface area (Å²) in [5.41, 5.74) is 0.641. The van der Waals surface area contributed by atoms with E-state index in [0.29, 0.717) is 18.5 Å². The number of benzene rings is 1. The highest BCUT2D eigenvalue weighted by Gasteiger charge is 2.41. The van der Waals surface area contributed by atoms with Crippen LogP contribution in [0.2, 0.25) is 0 Å². The number of fused-ring (bicyclic) bond motifs is 1. The molecule has 0 radical (unpaired) electrons. The molecule has 1 amide bonds. The van der Waals surface area contributed by atoms with Crippen LogP contribution in [-0.4, -0.2) is 15.5 Å². The average Bonchev–Trinajstić information content (AvgIpc) is 2.72. The first-order valence-corrected chi connectivity index (χ1v) is 4.59. The number of alkyl halides is 2. The van der Waals surface area contributed by atoms with E-state index in [0.717, 1.165) is 0 Å². The van der Waals surface area contributed by atoms with Crippen LogP contribution in [-0.2, 0) is 10.8 Å². The number of carbonyl (C=O) groups is 1. The van der Waals surface area contributed by atoms with Gasteiger partial charge in [0.15, 0.2) is 11.6 Å². The van der Waals surface area contributed by atoms with Crippen molar-refractivity contribution in [2.45, 2.75) is 6.05 Å². The van der Waals surface area contributed by atoms with E-state index < -0.39 is 29.1 Å². The van der Waals surface area contributed by atoms with E-state index in [-0.39, 0.29) is 10.1 Å². The van der Waals surface area contributed by atoms with Crippen molar-refractivity contribution in [1.29, 1.82) is 0 Å². The summed E-state index contributed by atoms with van der Waals surface area (Å²) < 4.78 is 53.1. The van der Waals surface area contributed by atoms with Gasteiger partial charge in [-0.1, -0.05) is 0 Å².